The summed E-state index contributed by atoms with van der Waals surface area (Å²) in [5, 5.41) is 10.2. The summed E-state index contributed by atoms with van der Waals surface area (Å²) in [5.74, 6) is -0.288. The average molecular weight is 267 g/mol. The lowest BCUT2D eigenvalue weighted by Crippen LogP contribution is -2.46. The zero-order valence-electron chi connectivity index (χ0n) is 11.6. The lowest BCUT2D eigenvalue weighted by atomic mass is 10.0. The first-order valence-corrected chi connectivity index (χ1v) is 6.76. The number of halogens is 1. The van der Waals surface area contributed by atoms with Gasteiger partial charge in [0.1, 0.15) is 5.82 Å². The number of hydrogen-bond acceptors (Lipinski definition) is 4. The molecule has 2 rings (SSSR count). The highest BCUT2D eigenvalue weighted by Crippen LogP contribution is 2.21. The van der Waals surface area contributed by atoms with E-state index in [2.05, 4.69) is 21.8 Å². The average Bonchev–Trinajstić information content (AvgIpc) is 2.41. The second-order valence-corrected chi connectivity index (χ2v) is 5.43. The van der Waals surface area contributed by atoms with Crippen molar-refractivity contribution in [1.82, 2.24) is 14.8 Å². The molecule has 106 valence electrons. The molecule has 1 aliphatic rings. The van der Waals surface area contributed by atoms with Crippen molar-refractivity contribution in [2.45, 2.75) is 13.0 Å². The van der Waals surface area contributed by atoms with Gasteiger partial charge in [-0.3, -0.25) is 4.98 Å². The molecular formula is C14H22FN3O. The maximum atomic E-state index is 12.8. The predicted molar refractivity (Wildman–Crippen MR) is 72.3 cm³/mol. The summed E-state index contributed by atoms with van der Waals surface area (Å²) >= 11 is 0. The van der Waals surface area contributed by atoms with Crippen molar-refractivity contribution in [3.8, 4) is 0 Å². The number of hydrogen-bond donors (Lipinski definition) is 1. The molecule has 4 nitrogen and oxygen atoms in total. The van der Waals surface area contributed by atoms with Gasteiger partial charge >= 0.3 is 0 Å². The number of piperazine rings is 1. The fraction of sp³-hybridized carbons (Fsp3) is 0.643. The minimum atomic E-state index is -0.639. The third kappa shape index (κ3) is 3.96. The van der Waals surface area contributed by atoms with Crippen LogP contribution in [0.2, 0.25) is 0 Å². The highest BCUT2D eigenvalue weighted by atomic mass is 19.1. The molecular weight excluding hydrogens is 245 g/mol. The summed E-state index contributed by atoms with van der Waals surface area (Å²) in [6.45, 7) is 7.05. The van der Waals surface area contributed by atoms with Crippen molar-refractivity contribution in [2.24, 2.45) is 5.92 Å². The van der Waals surface area contributed by atoms with Crippen molar-refractivity contribution in [3.63, 3.8) is 0 Å². The first-order chi connectivity index (χ1) is 9.06. The third-order valence-electron chi connectivity index (χ3n) is 3.73. The Morgan fingerprint density at radius 1 is 1.32 bits per heavy atom. The maximum absolute atomic E-state index is 12.8. The summed E-state index contributed by atoms with van der Waals surface area (Å²) in [4.78, 5) is 8.62. The van der Waals surface area contributed by atoms with Gasteiger partial charge in [0, 0.05) is 38.6 Å². The van der Waals surface area contributed by atoms with Crippen LogP contribution in [0, 0.1) is 11.7 Å². The Morgan fingerprint density at radius 2 is 2.00 bits per heavy atom. The number of aromatic nitrogens is 1. The monoisotopic (exact) mass is 267 g/mol. The number of pyridine rings is 1. The quantitative estimate of drug-likeness (QED) is 0.888. The molecule has 5 heteroatoms. The largest absolute Gasteiger partial charge is 0.386 e. The van der Waals surface area contributed by atoms with Crippen LogP contribution in [0.3, 0.4) is 0 Å². The molecule has 1 saturated heterocycles. The fourth-order valence-corrected chi connectivity index (χ4v) is 2.39. The first kappa shape index (κ1) is 14.4. The zero-order valence-corrected chi connectivity index (χ0v) is 11.6. The van der Waals surface area contributed by atoms with Crippen LogP contribution in [0.4, 0.5) is 4.39 Å². The Morgan fingerprint density at radius 3 is 2.58 bits per heavy atom. The number of nitrogens with zero attached hydrogens (tertiary/aromatic N) is 3. The van der Waals surface area contributed by atoms with Crippen LogP contribution in [-0.2, 0) is 0 Å². The van der Waals surface area contributed by atoms with E-state index in [4.69, 9.17) is 0 Å². The molecule has 1 fully saturated rings. The molecule has 1 aromatic heterocycles. The van der Waals surface area contributed by atoms with Crippen LogP contribution in [0.15, 0.2) is 18.3 Å². The van der Waals surface area contributed by atoms with E-state index in [9.17, 15) is 9.50 Å². The number of rotatable bonds is 4. The summed E-state index contributed by atoms with van der Waals surface area (Å²) in [5.41, 5.74) is 0.544. The summed E-state index contributed by atoms with van der Waals surface area (Å²) < 4.78 is 12.8. The number of likely N-dealkylation sites (N-methyl/N-ethyl adjacent to an activating group) is 1. The smallest absolute Gasteiger partial charge is 0.141 e. The van der Waals surface area contributed by atoms with Gasteiger partial charge < -0.3 is 14.9 Å². The maximum Gasteiger partial charge on any atom is 0.141 e. The minimum Gasteiger partial charge on any atom is -0.386 e. The highest BCUT2D eigenvalue weighted by Gasteiger charge is 2.22. The molecule has 0 aliphatic carbocycles. The lowest BCUT2D eigenvalue weighted by molar-refractivity contribution is 0.0674. The zero-order chi connectivity index (χ0) is 13.8. The van der Waals surface area contributed by atoms with Crippen LogP contribution in [0.25, 0.3) is 0 Å². The molecule has 0 amide bonds. The van der Waals surface area contributed by atoms with Crippen molar-refractivity contribution in [2.75, 3.05) is 39.8 Å². The van der Waals surface area contributed by atoms with E-state index in [1.165, 1.54) is 6.07 Å². The van der Waals surface area contributed by atoms with E-state index >= 15 is 0 Å². The molecule has 0 radical (unpaired) electrons. The Hall–Kier alpha value is -1.04. The van der Waals surface area contributed by atoms with Gasteiger partial charge in [0.2, 0.25) is 0 Å². The Kier molecular flexibility index (Phi) is 4.85. The lowest BCUT2D eigenvalue weighted by Gasteiger charge is -2.34. The Labute approximate surface area is 113 Å². The van der Waals surface area contributed by atoms with E-state index in [0.29, 0.717) is 5.69 Å². The molecule has 2 atom stereocenters. The van der Waals surface area contributed by atoms with Crippen molar-refractivity contribution < 1.29 is 9.50 Å². The SMILES string of the molecule is CC(CN1CCN(C)CC1)C(O)c1ccc(F)cn1. The van der Waals surface area contributed by atoms with Crippen LogP contribution in [0.5, 0.6) is 0 Å². The molecule has 2 heterocycles. The number of aliphatic hydroxyl groups is 1. The molecule has 19 heavy (non-hydrogen) atoms. The second-order valence-electron chi connectivity index (χ2n) is 5.43. The van der Waals surface area contributed by atoms with Crippen LogP contribution in [-0.4, -0.2) is 59.7 Å². The van der Waals surface area contributed by atoms with Gasteiger partial charge in [-0.25, -0.2) is 4.39 Å². The second kappa shape index (κ2) is 6.41. The van der Waals surface area contributed by atoms with Crippen LogP contribution >= 0.6 is 0 Å². The molecule has 1 aromatic rings. The normalized spacial score (nSPS) is 21.3. The van der Waals surface area contributed by atoms with Gasteiger partial charge in [0.25, 0.3) is 0 Å². The van der Waals surface area contributed by atoms with Gasteiger partial charge in [-0.2, -0.15) is 0 Å². The van der Waals surface area contributed by atoms with Gasteiger partial charge in [-0.15, -0.1) is 0 Å². The molecule has 1 aliphatic heterocycles. The Balaban J connectivity index is 1.88. The standard InChI is InChI=1S/C14H22FN3O/c1-11(10-18-7-5-17(2)6-8-18)14(19)13-4-3-12(15)9-16-13/h3-4,9,11,14,19H,5-8,10H2,1-2H3. The van der Waals surface area contributed by atoms with E-state index in [1.807, 2.05) is 6.92 Å². The molecule has 0 spiro atoms. The summed E-state index contributed by atoms with van der Waals surface area (Å²) in [7, 11) is 2.12. The third-order valence-corrected chi connectivity index (χ3v) is 3.73. The van der Waals surface area contributed by atoms with E-state index in [1.54, 1.807) is 6.07 Å². The summed E-state index contributed by atoms with van der Waals surface area (Å²) in [6, 6.07) is 2.90. The van der Waals surface area contributed by atoms with E-state index in [0.717, 1.165) is 38.9 Å². The molecule has 0 aromatic carbocycles. The van der Waals surface area contributed by atoms with Crippen molar-refractivity contribution >= 4 is 0 Å². The van der Waals surface area contributed by atoms with Crippen molar-refractivity contribution in [1.29, 1.82) is 0 Å². The molecule has 0 saturated carbocycles. The van der Waals surface area contributed by atoms with Crippen molar-refractivity contribution in [3.05, 3.63) is 29.8 Å². The molecule has 0 bridgehead atoms. The van der Waals surface area contributed by atoms with Gasteiger partial charge in [0.15, 0.2) is 0 Å². The molecule has 1 N–H and O–H groups in total. The minimum absolute atomic E-state index is 0.0846. The van der Waals surface area contributed by atoms with Gasteiger partial charge in [-0.1, -0.05) is 6.92 Å². The Bertz CT molecular complexity index is 390. The number of aliphatic hydroxyl groups excluding tert-OH is 1. The predicted octanol–water partition coefficient (Wildman–Crippen LogP) is 1.14. The highest BCUT2D eigenvalue weighted by molar-refractivity contribution is 5.08. The van der Waals surface area contributed by atoms with Crippen LogP contribution in [0.1, 0.15) is 18.7 Å². The van der Waals surface area contributed by atoms with Gasteiger partial charge in [-0.05, 0) is 19.2 Å². The van der Waals surface area contributed by atoms with E-state index in [-0.39, 0.29) is 11.7 Å². The summed E-state index contributed by atoms with van der Waals surface area (Å²) in [6.07, 6.45) is 0.515. The topological polar surface area (TPSA) is 39.6 Å². The molecule has 2 unspecified atom stereocenters. The van der Waals surface area contributed by atoms with Crippen LogP contribution < -0.4 is 0 Å². The fourth-order valence-electron chi connectivity index (χ4n) is 2.39. The van der Waals surface area contributed by atoms with E-state index < -0.39 is 6.10 Å². The first-order valence-electron chi connectivity index (χ1n) is 6.76. The van der Waals surface area contributed by atoms with Gasteiger partial charge in [0.05, 0.1) is 18.0 Å².